The molecule has 1 atom stereocenters. The van der Waals surface area contributed by atoms with Crippen LogP contribution in [-0.2, 0) is 6.42 Å². The highest BCUT2D eigenvalue weighted by Crippen LogP contribution is 2.41. The van der Waals surface area contributed by atoms with E-state index in [-0.39, 0.29) is 10.6 Å². The molecule has 4 heteroatoms. The Balaban J connectivity index is 2.38. The molecule has 0 saturated heterocycles. The van der Waals surface area contributed by atoms with Gasteiger partial charge in [-0.25, -0.2) is 4.39 Å². The van der Waals surface area contributed by atoms with E-state index in [4.69, 9.17) is 4.74 Å². The molecule has 2 aromatic rings. The van der Waals surface area contributed by atoms with Gasteiger partial charge in [-0.1, -0.05) is 44.0 Å². The number of benzene rings is 2. The van der Waals surface area contributed by atoms with Crippen LogP contribution in [0.3, 0.4) is 0 Å². The summed E-state index contributed by atoms with van der Waals surface area (Å²) < 4.78 is 19.6. The van der Waals surface area contributed by atoms with Gasteiger partial charge in [0.05, 0.1) is 7.11 Å². The molecule has 0 aliphatic rings. The second-order valence-electron chi connectivity index (χ2n) is 5.05. The van der Waals surface area contributed by atoms with Gasteiger partial charge in [0.1, 0.15) is 11.6 Å². The van der Waals surface area contributed by atoms with Crippen LogP contribution in [0.4, 0.5) is 4.39 Å². The summed E-state index contributed by atoms with van der Waals surface area (Å²) >= 11 is 7.35. The molecule has 0 amide bonds. The zero-order valence-electron chi connectivity index (χ0n) is 12.2. The van der Waals surface area contributed by atoms with Crippen LogP contribution in [0.25, 0.3) is 0 Å². The molecule has 1 nitrogen and oxygen atoms in total. The molecular formula is C17H17Br2FO. The molecule has 0 bridgehead atoms. The van der Waals surface area contributed by atoms with Crippen LogP contribution in [-0.4, -0.2) is 7.11 Å². The van der Waals surface area contributed by atoms with E-state index < -0.39 is 0 Å². The molecule has 0 radical (unpaired) electrons. The highest BCUT2D eigenvalue weighted by atomic mass is 79.9. The van der Waals surface area contributed by atoms with Gasteiger partial charge >= 0.3 is 0 Å². The Morgan fingerprint density at radius 2 is 1.81 bits per heavy atom. The van der Waals surface area contributed by atoms with Gasteiger partial charge in [0.25, 0.3) is 0 Å². The van der Waals surface area contributed by atoms with Crippen molar-refractivity contribution in [3.63, 3.8) is 0 Å². The maximum atomic E-state index is 13.0. The summed E-state index contributed by atoms with van der Waals surface area (Å²) in [6, 6.07) is 8.68. The zero-order chi connectivity index (χ0) is 15.6. The lowest BCUT2D eigenvalue weighted by molar-refractivity contribution is 0.405. The van der Waals surface area contributed by atoms with Crippen molar-refractivity contribution in [1.82, 2.24) is 0 Å². The Labute approximate surface area is 141 Å². The predicted molar refractivity (Wildman–Crippen MR) is 91.9 cm³/mol. The molecule has 0 aromatic heterocycles. The molecule has 0 saturated carbocycles. The van der Waals surface area contributed by atoms with Crippen LogP contribution in [0.1, 0.15) is 27.1 Å². The number of hydrogen-bond donors (Lipinski definition) is 0. The van der Waals surface area contributed by atoms with Crippen molar-refractivity contribution in [3.8, 4) is 5.75 Å². The number of aryl methyl sites for hydroxylation is 1. The van der Waals surface area contributed by atoms with Crippen molar-refractivity contribution in [2.75, 3.05) is 7.11 Å². The summed E-state index contributed by atoms with van der Waals surface area (Å²) in [6.45, 7) is 4.10. The molecule has 21 heavy (non-hydrogen) atoms. The Morgan fingerprint density at radius 3 is 2.38 bits per heavy atom. The van der Waals surface area contributed by atoms with Gasteiger partial charge in [0.2, 0.25) is 0 Å². The van der Waals surface area contributed by atoms with Gasteiger partial charge in [0, 0.05) is 14.9 Å². The van der Waals surface area contributed by atoms with Crippen molar-refractivity contribution in [3.05, 3.63) is 62.9 Å². The Bertz CT molecular complexity index is 638. The van der Waals surface area contributed by atoms with Crippen LogP contribution in [0, 0.1) is 19.7 Å². The average molecular weight is 416 g/mol. The fourth-order valence-corrected chi connectivity index (χ4v) is 3.93. The first-order valence-corrected chi connectivity index (χ1v) is 8.37. The molecule has 1 unspecified atom stereocenters. The van der Waals surface area contributed by atoms with Gasteiger partial charge in [-0.3, -0.25) is 0 Å². The van der Waals surface area contributed by atoms with Gasteiger partial charge < -0.3 is 4.74 Å². The van der Waals surface area contributed by atoms with E-state index in [0.29, 0.717) is 0 Å². The highest BCUT2D eigenvalue weighted by molar-refractivity contribution is 9.10. The molecule has 2 aromatic carbocycles. The summed E-state index contributed by atoms with van der Waals surface area (Å²) in [4.78, 5) is 0.106. The highest BCUT2D eigenvalue weighted by Gasteiger charge is 2.20. The molecule has 0 aliphatic heterocycles. The fourth-order valence-electron chi connectivity index (χ4n) is 2.45. The Morgan fingerprint density at radius 1 is 1.19 bits per heavy atom. The maximum Gasteiger partial charge on any atom is 0.126 e. The Kier molecular flexibility index (Phi) is 5.44. The first-order valence-electron chi connectivity index (χ1n) is 6.66. The molecule has 0 heterocycles. The van der Waals surface area contributed by atoms with Gasteiger partial charge in [-0.15, -0.1) is 0 Å². The average Bonchev–Trinajstić information content (AvgIpc) is 2.44. The SMILES string of the molecule is COc1c(C)cc(Br)c(C)c1C(Br)Cc1ccc(F)cc1. The summed E-state index contributed by atoms with van der Waals surface area (Å²) in [7, 11) is 1.69. The van der Waals surface area contributed by atoms with E-state index in [2.05, 4.69) is 44.8 Å². The Hall–Kier alpha value is -0.870. The van der Waals surface area contributed by atoms with Crippen LogP contribution in [0.15, 0.2) is 34.8 Å². The van der Waals surface area contributed by atoms with Crippen LogP contribution >= 0.6 is 31.9 Å². The summed E-state index contributed by atoms with van der Waals surface area (Å²) in [5.41, 5.74) is 4.46. The van der Waals surface area contributed by atoms with Crippen LogP contribution in [0.2, 0.25) is 0 Å². The van der Waals surface area contributed by atoms with Gasteiger partial charge in [-0.05, 0) is 55.2 Å². The lowest BCUT2D eigenvalue weighted by atomic mass is 9.97. The minimum Gasteiger partial charge on any atom is -0.496 e. The summed E-state index contributed by atoms with van der Waals surface area (Å²) in [5.74, 6) is 0.691. The van der Waals surface area contributed by atoms with E-state index in [0.717, 1.165) is 38.9 Å². The van der Waals surface area contributed by atoms with E-state index in [1.54, 1.807) is 7.11 Å². The lowest BCUT2D eigenvalue weighted by Crippen LogP contribution is -2.04. The van der Waals surface area contributed by atoms with Crippen molar-refractivity contribution in [2.45, 2.75) is 25.1 Å². The zero-order valence-corrected chi connectivity index (χ0v) is 15.4. The second-order valence-corrected chi connectivity index (χ2v) is 7.00. The number of hydrogen-bond acceptors (Lipinski definition) is 1. The largest absolute Gasteiger partial charge is 0.496 e. The first kappa shape index (κ1) is 16.5. The smallest absolute Gasteiger partial charge is 0.126 e. The quantitative estimate of drug-likeness (QED) is 0.565. The molecule has 0 fully saturated rings. The van der Waals surface area contributed by atoms with Crippen molar-refractivity contribution in [1.29, 1.82) is 0 Å². The molecule has 0 aliphatic carbocycles. The van der Waals surface area contributed by atoms with E-state index in [1.165, 1.54) is 12.1 Å². The monoisotopic (exact) mass is 414 g/mol. The number of ether oxygens (including phenoxy) is 1. The molecule has 112 valence electrons. The van der Waals surface area contributed by atoms with E-state index in [1.807, 2.05) is 19.1 Å². The number of methoxy groups -OCH3 is 1. The van der Waals surface area contributed by atoms with E-state index >= 15 is 0 Å². The minimum absolute atomic E-state index is 0.106. The van der Waals surface area contributed by atoms with Crippen molar-refractivity contribution in [2.24, 2.45) is 0 Å². The van der Waals surface area contributed by atoms with Gasteiger partial charge in [0.15, 0.2) is 0 Å². The molecule has 0 N–H and O–H groups in total. The number of alkyl halides is 1. The summed E-state index contributed by atoms with van der Waals surface area (Å²) in [6.07, 6.45) is 0.771. The lowest BCUT2D eigenvalue weighted by Gasteiger charge is -2.20. The van der Waals surface area contributed by atoms with Crippen molar-refractivity contribution >= 4 is 31.9 Å². The molecule has 0 spiro atoms. The minimum atomic E-state index is -0.211. The first-order chi connectivity index (χ1) is 9.93. The third-order valence-electron chi connectivity index (χ3n) is 3.55. The van der Waals surface area contributed by atoms with Gasteiger partial charge in [-0.2, -0.15) is 0 Å². The number of halogens is 3. The maximum absolute atomic E-state index is 13.0. The van der Waals surface area contributed by atoms with Crippen molar-refractivity contribution < 1.29 is 9.13 Å². The number of rotatable bonds is 4. The third kappa shape index (κ3) is 3.67. The standard InChI is InChI=1S/C17H17Br2FO/c1-10-8-14(18)11(2)16(17(10)21-3)15(19)9-12-4-6-13(20)7-5-12/h4-8,15H,9H2,1-3H3. The fraction of sp³-hybridized carbons (Fsp3) is 0.294. The third-order valence-corrected chi connectivity index (χ3v) is 5.16. The topological polar surface area (TPSA) is 9.23 Å². The normalized spacial score (nSPS) is 12.3. The summed E-state index contributed by atoms with van der Waals surface area (Å²) in [5, 5.41) is 0. The second kappa shape index (κ2) is 6.93. The predicted octanol–water partition coefficient (Wildman–Crippen LogP) is 5.89. The molecule has 2 rings (SSSR count). The molecular weight excluding hydrogens is 399 g/mol. The van der Waals surface area contributed by atoms with E-state index in [9.17, 15) is 4.39 Å². The van der Waals surface area contributed by atoms with Crippen LogP contribution in [0.5, 0.6) is 5.75 Å². The van der Waals surface area contributed by atoms with Crippen LogP contribution < -0.4 is 4.74 Å².